The lowest BCUT2D eigenvalue weighted by atomic mass is 10.0. The molecular formula is C20H23NO3S. The van der Waals surface area contributed by atoms with Crippen molar-refractivity contribution in [1.82, 2.24) is 5.32 Å². The van der Waals surface area contributed by atoms with Gasteiger partial charge in [-0.15, -0.1) is 11.8 Å². The van der Waals surface area contributed by atoms with E-state index in [9.17, 15) is 9.59 Å². The number of hydrogen-bond acceptors (Lipinski definition) is 4. The van der Waals surface area contributed by atoms with Crippen molar-refractivity contribution < 1.29 is 14.3 Å². The molecule has 0 fully saturated rings. The van der Waals surface area contributed by atoms with Crippen LogP contribution >= 0.6 is 11.8 Å². The van der Waals surface area contributed by atoms with E-state index in [1.807, 2.05) is 60.7 Å². The second-order valence-electron chi connectivity index (χ2n) is 5.58. The van der Waals surface area contributed by atoms with Crippen LogP contribution in [0.2, 0.25) is 0 Å². The zero-order valence-corrected chi connectivity index (χ0v) is 15.1. The summed E-state index contributed by atoms with van der Waals surface area (Å²) >= 11 is 1.39. The molecule has 5 heteroatoms. The number of thioether (sulfide) groups is 1. The molecule has 0 saturated heterocycles. The zero-order valence-electron chi connectivity index (χ0n) is 14.3. The molecule has 4 nitrogen and oxygen atoms in total. The Kier molecular flexibility index (Phi) is 8.05. The van der Waals surface area contributed by atoms with E-state index in [0.29, 0.717) is 0 Å². The number of hydrogen-bond donors (Lipinski definition) is 1. The Morgan fingerprint density at radius 1 is 1.04 bits per heavy atom. The van der Waals surface area contributed by atoms with Gasteiger partial charge in [0, 0.05) is 4.90 Å². The van der Waals surface area contributed by atoms with Crippen molar-refractivity contribution in [3.05, 3.63) is 66.2 Å². The molecule has 0 spiro atoms. The average Bonchev–Trinajstić information content (AvgIpc) is 2.66. The number of carbonyl (C=O) groups is 2. The van der Waals surface area contributed by atoms with Crippen molar-refractivity contribution in [1.29, 1.82) is 0 Å². The van der Waals surface area contributed by atoms with E-state index in [0.717, 1.165) is 23.3 Å². The first-order valence-electron chi connectivity index (χ1n) is 8.37. The summed E-state index contributed by atoms with van der Waals surface area (Å²) in [6.07, 6.45) is 1.79. The highest BCUT2D eigenvalue weighted by molar-refractivity contribution is 8.00. The maximum atomic E-state index is 12.1. The number of rotatable bonds is 9. The van der Waals surface area contributed by atoms with E-state index < -0.39 is 5.97 Å². The van der Waals surface area contributed by atoms with Gasteiger partial charge in [0.2, 0.25) is 0 Å². The molecule has 2 aromatic carbocycles. The van der Waals surface area contributed by atoms with Crippen LogP contribution in [0, 0.1) is 0 Å². The smallest absolute Gasteiger partial charge is 0.316 e. The molecule has 0 aliphatic carbocycles. The predicted octanol–water partition coefficient (Wildman–Crippen LogP) is 3.98. The first-order valence-corrected chi connectivity index (χ1v) is 9.35. The summed E-state index contributed by atoms with van der Waals surface area (Å²) < 4.78 is 5.07. The van der Waals surface area contributed by atoms with Crippen LogP contribution in [0.15, 0.2) is 65.6 Å². The number of esters is 1. The van der Waals surface area contributed by atoms with Gasteiger partial charge in [-0.2, -0.15) is 0 Å². The van der Waals surface area contributed by atoms with Gasteiger partial charge in [0.25, 0.3) is 5.91 Å². The van der Waals surface area contributed by atoms with Crippen LogP contribution in [0.1, 0.15) is 31.4 Å². The molecule has 1 N–H and O–H groups in total. The Hall–Kier alpha value is -2.27. The highest BCUT2D eigenvalue weighted by atomic mass is 32.2. The SMILES string of the molecule is CCCC(NC(=O)COC(=O)CSc1ccccc1)c1ccccc1. The van der Waals surface area contributed by atoms with E-state index in [1.165, 1.54) is 11.8 Å². The third-order valence-electron chi connectivity index (χ3n) is 3.58. The average molecular weight is 357 g/mol. The molecule has 0 radical (unpaired) electrons. The van der Waals surface area contributed by atoms with E-state index in [4.69, 9.17) is 4.74 Å². The Morgan fingerprint density at radius 3 is 2.32 bits per heavy atom. The molecule has 1 amide bonds. The molecule has 1 atom stereocenters. The number of ether oxygens (including phenoxy) is 1. The Bertz CT molecular complexity index is 661. The largest absolute Gasteiger partial charge is 0.455 e. The molecule has 132 valence electrons. The van der Waals surface area contributed by atoms with Gasteiger partial charge < -0.3 is 10.1 Å². The standard InChI is InChI=1S/C20H23NO3S/c1-2-9-18(16-10-5-3-6-11-16)21-19(22)14-24-20(23)15-25-17-12-7-4-8-13-17/h3-8,10-13,18H,2,9,14-15H2,1H3,(H,21,22). The Morgan fingerprint density at radius 2 is 1.68 bits per heavy atom. The molecule has 0 aliphatic rings. The van der Waals surface area contributed by atoms with Gasteiger partial charge in [-0.1, -0.05) is 61.9 Å². The van der Waals surface area contributed by atoms with Gasteiger partial charge in [0.05, 0.1) is 11.8 Å². The summed E-state index contributed by atoms with van der Waals surface area (Å²) in [4.78, 5) is 24.9. The van der Waals surface area contributed by atoms with Gasteiger partial charge in [0.15, 0.2) is 6.61 Å². The number of nitrogens with one attached hydrogen (secondary N) is 1. The van der Waals surface area contributed by atoms with Crippen LogP contribution in [0.5, 0.6) is 0 Å². The molecule has 0 aliphatic heterocycles. The minimum absolute atomic E-state index is 0.0592. The van der Waals surface area contributed by atoms with Crippen LogP contribution < -0.4 is 5.32 Å². The molecule has 0 heterocycles. The summed E-state index contributed by atoms with van der Waals surface area (Å²) in [6, 6.07) is 19.4. The first-order chi connectivity index (χ1) is 12.2. The fraction of sp³-hybridized carbons (Fsp3) is 0.300. The second-order valence-corrected chi connectivity index (χ2v) is 6.63. The molecule has 1 unspecified atom stereocenters. The minimum atomic E-state index is -0.393. The fourth-order valence-electron chi connectivity index (χ4n) is 2.38. The zero-order chi connectivity index (χ0) is 17.9. The lowest BCUT2D eigenvalue weighted by molar-refractivity contribution is -0.146. The number of amides is 1. The van der Waals surface area contributed by atoms with Gasteiger partial charge >= 0.3 is 5.97 Å². The third kappa shape index (κ3) is 7.01. The number of carbonyl (C=O) groups excluding carboxylic acids is 2. The summed E-state index contributed by atoms with van der Waals surface area (Å²) in [5.74, 6) is -0.481. The summed E-state index contributed by atoms with van der Waals surface area (Å²) in [7, 11) is 0. The van der Waals surface area contributed by atoms with Gasteiger partial charge in [0.1, 0.15) is 0 Å². The van der Waals surface area contributed by atoms with Crippen LogP contribution in [0.25, 0.3) is 0 Å². The van der Waals surface area contributed by atoms with Gasteiger partial charge in [-0.05, 0) is 24.1 Å². The maximum absolute atomic E-state index is 12.1. The van der Waals surface area contributed by atoms with Crippen LogP contribution in [-0.2, 0) is 14.3 Å². The third-order valence-corrected chi connectivity index (χ3v) is 4.56. The van der Waals surface area contributed by atoms with Crippen molar-refractivity contribution in [3.8, 4) is 0 Å². The Balaban J connectivity index is 1.75. The lowest BCUT2D eigenvalue weighted by Gasteiger charge is -2.18. The van der Waals surface area contributed by atoms with Crippen molar-refractivity contribution in [2.24, 2.45) is 0 Å². The van der Waals surface area contributed by atoms with E-state index in [1.54, 1.807) is 0 Å². The number of benzene rings is 2. The molecule has 2 aromatic rings. The van der Waals surface area contributed by atoms with Crippen LogP contribution in [0.4, 0.5) is 0 Å². The van der Waals surface area contributed by atoms with Crippen molar-refractivity contribution in [3.63, 3.8) is 0 Å². The van der Waals surface area contributed by atoms with Crippen molar-refractivity contribution >= 4 is 23.6 Å². The summed E-state index contributed by atoms with van der Waals surface area (Å²) in [5.41, 5.74) is 1.06. The van der Waals surface area contributed by atoms with E-state index in [2.05, 4.69) is 12.2 Å². The maximum Gasteiger partial charge on any atom is 0.316 e. The topological polar surface area (TPSA) is 55.4 Å². The first kappa shape index (κ1) is 19.1. The summed E-state index contributed by atoms with van der Waals surface area (Å²) in [5, 5.41) is 2.94. The van der Waals surface area contributed by atoms with Gasteiger partial charge in [-0.3, -0.25) is 9.59 Å². The predicted molar refractivity (Wildman–Crippen MR) is 100 cm³/mol. The molecule has 0 saturated carbocycles. The second kappa shape index (κ2) is 10.6. The van der Waals surface area contributed by atoms with Crippen molar-refractivity contribution in [2.45, 2.75) is 30.7 Å². The lowest BCUT2D eigenvalue weighted by Crippen LogP contribution is -2.32. The Labute approximate surface area is 153 Å². The fourth-order valence-corrected chi connectivity index (χ4v) is 3.10. The minimum Gasteiger partial charge on any atom is -0.455 e. The van der Waals surface area contributed by atoms with Crippen LogP contribution in [0.3, 0.4) is 0 Å². The molecule has 0 aromatic heterocycles. The van der Waals surface area contributed by atoms with E-state index in [-0.39, 0.29) is 24.3 Å². The van der Waals surface area contributed by atoms with Crippen molar-refractivity contribution in [2.75, 3.05) is 12.4 Å². The highest BCUT2D eigenvalue weighted by Crippen LogP contribution is 2.18. The van der Waals surface area contributed by atoms with Gasteiger partial charge in [-0.25, -0.2) is 0 Å². The van der Waals surface area contributed by atoms with Crippen LogP contribution in [-0.4, -0.2) is 24.2 Å². The molecule has 0 bridgehead atoms. The highest BCUT2D eigenvalue weighted by Gasteiger charge is 2.15. The van der Waals surface area contributed by atoms with E-state index >= 15 is 0 Å². The molecular weight excluding hydrogens is 334 g/mol. The molecule has 2 rings (SSSR count). The summed E-state index contributed by atoms with van der Waals surface area (Å²) in [6.45, 7) is 1.82. The monoisotopic (exact) mass is 357 g/mol. The quantitative estimate of drug-likeness (QED) is 0.545. The molecule has 25 heavy (non-hydrogen) atoms. The normalized spacial score (nSPS) is 11.6.